The molecule has 0 radical (unpaired) electrons. The fraction of sp³-hybridized carbons (Fsp3) is 0.889. The van der Waals surface area contributed by atoms with Crippen LogP contribution in [0.1, 0.15) is 13.3 Å². The van der Waals surface area contributed by atoms with Crippen molar-refractivity contribution in [2.75, 3.05) is 24.8 Å². The van der Waals surface area contributed by atoms with Crippen LogP contribution in [0.2, 0.25) is 0 Å². The summed E-state index contributed by atoms with van der Waals surface area (Å²) in [5.74, 6) is 0.727. The highest BCUT2D eigenvalue weighted by atomic mass is 32.2. The fourth-order valence-electron chi connectivity index (χ4n) is 0.869. The lowest BCUT2D eigenvalue weighted by Gasteiger charge is -2.13. The second-order valence-electron chi connectivity index (χ2n) is 3.44. The van der Waals surface area contributed by atoms with Gasteiger partial charge in [-0.15, -0.1) is 0 Å². The van der Waals surface area contributed by atoms with Gasteiger partial charge < -0.3 is 11.1 Å². The summed E-state index contributed by atoms with van der Waals surface area (Å²) in [6.07, 6.45) is 4.29. The SMILES string of the molecule is CSCC[C@H](N)C(=O)NCC(C)S(C)=O. The monoisotopic (exact) mass is 252 g/mol. The first-order chi connectivity index (χ1) is 6.99. The molecule has 0 aliphatic heterocycles. The first-order valence-corrected chi connectivity index (χ1v) is 7.85. The molecule has 0 bridgehead atoms. The summed E-state index contributed by atoms with van der Waals surface area (Å²) in [5, 5.41) is 2.68. The summed E-state index contributed by atoms with van der Waals surface area (Å²) in [6.45, 7) is 2.26. The molecule has 0 aromatic heterocycles. The van der Waals surface area contributed by atoms with E-state index in [0.717, 1.165) is 5.75 Å². The molecule has 90 valence electrons. The van der Waals surface area contributed by atoms with Gasteiger partial charge in [0.1, 0.15) is 0 Å². The summed E-state index contributed by atoms with van der Waals surface area (Å²) >= 11 is 1.67. The Morgan fingerprint density at radius 2 is 2.20 bits per heavy atom. The third-order valence-corrected chi connectivity index (χ3v) is 4.04. The minimum atomic E-state index is -0.905. The van der Waals surface area contributed by atoms with E-state index >= 15 is 0 Å². The maximum Gasteiger partial charge on any atom is 0.236 e. The molecule has 0 aromatic carbocycles. The van der Waals surface area contributed by atoms with E-state index in [1.165, 1.54) is 0 Å². The zero-order valence-electron chi connectivity index (χ0n) is 9.49. The molecule has 0 fully saturated rings. The van der Waals surface area contributed by atoms with Crippen molar-refractivity contribution in [3.8, 4) is 0 Å². The molecule has 15 heavy (non-hydrogen) atoms. The molecular formula is C9H20N2O2S2. The van der Waals surface area contributed by atoms with Crippen LogP contribution in [0, 0.1) is 0 Å². The Morgan fingerprint density at radius 3 is 2.67 bits per heavy atom. The number of hydrogen-bond acceptors (Lipinski definition) is 4. The Labute approximate surface area is 98.2 Å². The van der Waals surface area contributed by atoms with Gasteiger partial charge in [-0.25, -0.2) is 0 Å². The second kappa shape index (κ2) is 8.13. The number of thioether (sulfide) groups is 1. The van der Waals surface area contributed by atoms with Gasteiger partial charge in [0.25, 0.3) is 0 Å². The van der Waals surface area contributed by atoms with E-state index in [2.05, 4.69) is 5.32 Å². The van der Waals surface area contributed by atoms with Crippen molar-refractivity contribution >= 4 is 28.5 Å². The van der Waals surface area contributed by atoms with Crippen LogP contribution in [0.25, 0.3) is 0 Å². The largest absolute Gasteiger partial charge is 0.354 e. The lowest BCUT2D eigenvalue weighted by atomic mass is 10.2. The Balaban J connectivity index is 3.77. The van der Waals surface area contributed by atoms with Crippen LogP contribution in [-0.4, -0.2) is 46.2 Å². The highest BCUT2D eigenvalue weighted by Crippen LogP contribution is 1.99. The van der Waals surface area contributed by atoms with Crippen molar-refractivity contribution in [2.45, 2.75) is 24.6 Å². The minimum absolute atomic E-state index is 0.0262. The van der Waals surface area contributed by atoms with Gasteiger partial charge in [0.05, 0.1) is 6.04 Å². The highest BCUT2D eigenvalue weighted by molar-refractivity contribution is 7.98. The van der Waals surface area contributed by atoms with Crippen LogP contribution in [-0.2, 0) is 15.6 Å². The number of amides is 1. The summed E-state index contributed by atoms with van der Waals surface area (Å²) in [6, 6.07) is -0.449. The second-order valence-corrected chi connectivity index (χ2v) is 6.23. The zero-order valence-corrected chi connectivity index (χ0v) is 11.1. The van der Waals surface area contributed by atoms with E-state index in [4.69, 9.17) is 5.73 Å². The topological polar surface area (TPSA) is 72.2 Å². The first kappa shape index (κ1) is 14.9. The Hall–Kier alpha value is -0.0700. The van der Waals surface area contributed by atoms with Crippen molar-refractivity contribution < 1.29 is 9.00 Å². The first-order valence-electron chi connectivity index (χ1n) is 4.83. The van der Waals surface area contributed by atoms with E-state index in [-0.39, 0.29) is 11.2 Å². The van der Waals surface area contributed by atoms with Gasteiger partial charge in [-0.2, -0.15) is 11.8 Å². The zero-order chi connectivity index (χ0) is 11.8. The number of rotatable bonds is 7. The summed E-state index contributed by atoms with van der Waals surface area (Å²) in [5.41, 5.74) is 5.66. The van der Waals surface area contributed by atoms with Gasteiger partial charge in [-0.05, 0) is 25.4 Å². The predicted octanol–water partition coefficient (Wildman–Crippen LogP) is -0.0500. The number of nitrogens with two attached hydrogens (primary N) is 1. The van der Waals surface area contributed by atoms with Crippen LogP contribution in [0.3, 0.4) is 0 Å². The maximum atomic E-state index is 11.4. The molecule has 0 spiro atoms. The van der Waals surface area contributed by atoms with E-state index in [0.29, 0.717) is 13.0 Å². The molecular weight excluding hydrogens is 232 g/mol. The maximum absolute atomic E-state index is 11.4. The fourth-order valence-corrected chi connectivity index (χ4v) is 1.68. The molecule has 0 aromatic rings. The van der Waals surface area contributed by atoms with Crippen molar-refractivity contribution in [3.05, 3.63) is 0 Å². The Morgan fingerprint density at radius 1 is 1.60 bits per heavy atom. The predicted molar refractivity (Wildman–Crippen MR) is 67.5 cm³/mol. The molecule has 3 atom stereocenters. The van der Waals surface area contributed by atoms with Crippen LogP contribution in [0.4, 0.5) is 0 Å². The average Bonchev–Trinajstić information content (AvgIpc) is 2.21. The van der Waals surface area contributed by atoms with E-state index < -0.39 is 16.8 Å². The van der Waals surface area contributed by atoms with Gasteiger partial charge >= 0.3 is 0 Å². The third kappa shape index (κ3) is 6.92. The van der Waals surface area contributed by atoms with Crippen LogP contribution >= 0.6 is 11.8 Å². The molecule has 6 heteroatoms. The van der Waals surface area contributed by atoms with Crippen molar-refractivity contribution in [2.24, 2.45) is 5.73 Å². The van der Waals surface area contributed by atoms with Crippen LogP contribution in [0.5, 0.6) is 0 Å². The molecule has 4 nitrogen and oxygen atoms in total. The molecule has 2 unspecified atom stereocenters. The van der Waals surface area contributed by atoms with Crippen LogP contribution < -0.4 is 11.1 Å². The summed E-state index contributed by atoms with van der Waals surface area (Å²) in [7, 11) is -0.905. The molecule has 0 saturated carbocycles. The smallest absolute Gasteiger partial charge is 0.236 e. The minimum Gasteiger partial charge on any atom is -0.354 e. The highest BCUT2D eigenvalue weighted by Gasteiger charge is 2.14. The van der Waals surface area contributed by atoms with Crippen molar-refractivity contribution in [3.63, 3.8) is 0 Å². The number of carbonyl (C=O) groups excluding carboxylic acids is 1. The third-order valence-electron chi connectivity index (χ3n) is 2.10. The van der Waals surface area contributed by atoms with Crippen molar-refractivity contribution in [1.82, 2.24) is 5.32 Å². The molecule has 0 aliphatic rings. The van der Waals surface area contributed by atoms with Crippen LogP contribution in [0.15, 0.2) is 0 Å². The normalized spacial score (nSPS) is 16.8. The van der Waals surface area contributed by atoms with Gasteiger partial charge in [0, 0.05) is 28.9 Å². The van der Waals surface area contributed by atoms with E-state index in [9.17, 15) is 9.00 Å². The Bertz CT molecular complexity index is 224. The van der Waals surface area contributed by atoms with Gasteiger partial charge in [0.15, 0.2) is 0 Å². The molecule has 3 N–H and O–H groups in total. The summed E-state index contributed by atoms with van der Waals surface area (Å²) in [4.78, 5) is 11.4. The average molecular weight is 252 g/mol. The number of hydrogen-bond donors (Lipinski definition) is 2. The Kier molecular flexibility index (Phi) is 8.09. The van der Waals surface area contributed by atoms with Gasteiger partial charge in [-0.3, -0.25) is 9.00 Å². The lowest BCUT2D eigenvalue weighted by Crippen LogP contribution is -2.43. The molecule has 0 aliphatic carbocycles. The van der Waals surface area contributed by atoms with Gasteiger partial charge in [-0.1, -0.05) is 0 Å². The molecule has 1 amide bonds. The number of carbonyl (C=O) groups is 1. The molecule has 0 heterocycles. The quantitative estimate of drug-likeness (QED) is 0.666. The van der Waals surface area contributed by atoms with E-state index in [1.807, 2.05) is 13.2 Å². The number of nitrogens with one attached hydrogen (secondary N) is 1. The molecule has 0 saturated heterocycles. The standard InChI is InChI=1S/C9H20N2O2S2/c1-7(15(3)13)6-11-9(12)8(10)4-5-14-2/h7-8H,4-6,10H2,1-3H3,(H,11,12)/t7?,8-,15?/m0/s1. The van der Waals surface area contributed by atoms with Crippen molar-refractivity contribution in [1.29, 1.82) is 0 Å². The van der Waals surface area contributed by atoms with E-state index in [1.54, 1.807) is 18.0 Å². The molecule has 0 rings (SSSR count). The summed E-state index contributed by atoms with van der Waals surface area (Å²) < 4.78 is 11.0. The van der Waals surface area contributed by atoms with Gasteiger partial charge in [0.2, 0.25) is 5.91 Å². The lowest BCUT2D eigenvalue weighted by molar-refractivity contribution is -0.122.